The Morgan fingerprint density at radius 1 is 0.455 bits per heavy atom. The number of pyridine rings is 1. The van der Waals surface area contributed by atoms with Gasteiger partial charge in [0.05, 0.1) is 5.69 Å². The Morgan fingerprint density at radius 3 is 1.85 bits per heavy atom. The van der Waals surface area contributed by atoms with Crippen molar-refractivity contribution in [2.24, 2.45) is 0 Å². The molecule has 0 aliphatic rings. The second-order valence-electron chi connectivity index (χ2n) is 8.45. The van der Waals surface area contributed by atoms with Gasteiger partial charge in [0.2, 0.25) is 0 Å². The predicted molar refractivity (Wildman–Crippen MR) is 140 cm³/mol. The Kier molecular flexibility index (Phi) is 4.74. The lowest BCUT2D eigenvalue weighted by atomic mass is 9.85. The molecule has 0 aliphatic heterocycles. The topological polar surface area (TPSA) is 12.9 Å². The first-order chi connectivity index (χ1) is 16.3. The van der Waals surface area contributed by atoms with Crippen LogP contribution < -0.4 is 0 Å². The van der Waals surface area contributed by atoms with Crippen molar-refractivity contribution >= 4 is 21.5 Å². The van der Waals surface area contributed by atoms with Crippen LogP contribution >= 0.6 is 0 Å². The fourth-order valence-electron chi connectivity index (χ4n) is 4.90. The molecule has 1 aromatic heterocycles. The molecule has 0 spiro atoms. The van der Waals surface area contributed by atoms with Crippen LogP contribution in [0.2, 0.25) is 0 Å². The molecule has 5 aromatic carbocycles. The number of rotatable bonds is 3. The van der Waals surface area contributed by atoms with Crippen molar-refractivity contribution in [3.63, 3.8) is 0 Å². The monoisotopic (exact) mass is 421 g/mol. The summed E-state index contributed by atoms with van der Waals surface area (Å²) in [4.78, 5) is 4.85. The summed E-state index contributed by atoms with van der Waals surface area (Å²) in [5.74, 6) is 0. The summed E-state index contributed by atoms with van der Waals surface area (Å²) >= 11 is 0. The van der Waals surface area contributed by atoms with Gasteiger partial charge in [-0.3, -0.25) is 4.98 Å². The largest absolute Gasteiger partial charge is 0.256 e. The van der Waals surface area contributed by atoms with Gasteiger partial charge in [0.15, 0.2) is 0 Å². The van der Waals surface area contributed by atoms with Gasteiger partial charge in [-0.2, -0.15) is 0 Å². The highest BCUT2D eigenvalue weighted by atomic mass is 14.7. The van der Waals surface area contributed by atoms with Gasteiger partial charge in [-0.25, -0.2) is 0 Å². The third-order valence-electron chi connectivity index (χ3n) is 6.49. The molecule has 0 radical (unpaired) electrons. The van der Waals surface area contributed by atoms with Crippen molar-refractivity contribution in [2.75, 3.05) is 0 Å². The smallest absolute Gasteiger partial charge is 0.0786 e. The highest BCUT2D eigenvalue weighted by Crippen LogP contribution is 2.43. The first-order valence-electron chi connectivity index (χ1n) is 11.3. The Bertz CT molecular complexity index is 1620. The summed E-state index contributed by atoms with van der Waals surface area (Å²) in [6, 6.07) is 41.1. The molecule has 156 valence electrons. The second-order valence-corrected chi connectivity index (χ2v) is 8.45. The summed E-state index contributed by atoms with van der Waals surface area (Å²) in [5.41, 5.74) is 8.42. The molecule has 0 fully saturated rings. The van der Waals surface area contributed by atoms with Crippen molar-refractivity contribution in [1.82, 2.24) is 4.98 Å². The van der Waals surface area contributed by atoms with Gasteiger partial charge < -0.3 is 0 Å². The van der Waals surface area contributed by atoms with Crippen LogP contribution in [0.4, 0.5) is 0 Å². The second kappa shape index (κ2) is 8.03. The van der Waals surface area contributed by atoms with Crippen LogP contribution in [0.3, 0.4) is 0 Å². The molecule has 0 atom stereocenters. The molecule has 1 nitrogen and oxygen atoms in total. The lowest BCUT2D eigenvalue weighted by molar-refractivity contribution is 1.36. The molecular weight excluding hydrogens is 398 g/mol. The maximum absolute atomic E-state index is 4.85. The molecule has 0 amide bonds. The maximum Gasteiger partial charge on any atom is 0.0786 e. The van der Waals surface area contributed by atoms with Gasteiger partial charge in [-0.05, 0) is 57.0 Å². The number of aryl methyl sites for hydroxylation is 1. The zero-order valence-corrected chi connectivity index (χ0v) is 18.5. The average molecular weight is 422 g/mol. The van der Waals surface area contributed by atoms with Crippen LogP contribution in [-0.4, -0.2) is 4.98 Å². The Morgan fingerprint density at radius 2 is 1.06 bits per heavy atom. The molecule has 1 heteroatoms. The van der Waals surface area contributed by atoms with Gasteiger partial charge in [0.25, 0.3) is 0 Å². The standard InChI is InChI=1S/C32H23N/c1-22-10-2-5-13-25(22)31-26-14-6-3-11-23(26)18-19-29(31)28-16-8-9-17-30(28)32-27-15-7-4-12-24(27)20-21-33-32/h2-21H,1H3. The SMILES string of the molecule is Cc1ccccc1-c1c(-c2ccccc2-c2nccc3ccccc23)ccc2ccccc12. The molecule has 0 aliphatic carbocycles. The van der Waals surface area contributed by atoms with E-state index in [0.717, 1.165) is 11.3 Å². The van der Waals surface area contributed by atoms with Gasteiger partial charge in [0.1, 0.15) is 0 Å². The molecule has 0 saturated carbocycles. The number of hydrogen-bond acceptors (Lipinski definition) is 1. The number of benzene rings is 5. The Hall–Kier alpha value is -4.23. The number of fused-ring (bicyclic) bond motifs is 2. The van der Waals surface area contributed by atoms with Gasteiger partial charge in [-0.15, -0.1) is 0 Å². The number of aromatic nitrogens is 1. The molecule has 1 heterocycles. The third kappa shape index (κ3) is 3.30. The molecule has 33 heavy (non-hydrogen) atoms. The summed E-state index contributed by atoms with van der Waals surface area (Å²) in [7, 11) is 0. The van der Waals surface area contributed by atoms with E-state index in [9.17, 15) is 0 Å². The van der Waals surface area contributed by atoms with E-state index in [1.807, 2.05) is 6.20 Å². The highest BCUT2D eigenvalue weighted by molar-refractivity contribution is 6.07. The van der Waals surface area contributed by atoms with Crippen molar-refractivity contribution in [3.05, 3.63) is 127 Å². The summed E-state index contributed by atoms with van der Waals surface area (Å²) < 4.78 is 0. The van der Waals surface area contributed by atoms with Crippen LogP contribution in [0.25, 0.3) is 55.1 Å². The fraction of sp³-hybridized carbons (Fsp3) is 0.0312. The zero-order valence-electron chi connectivity index (χ0n) is 18.5. The molecule has 6 rings (SSSR count). The van der Waals surface area contributed by atoms with E-state index < -0.39 is 0 Å². The van der Waals surface area contributed by atoms with Crippen LogP contribution in [0.15, 0.2) is 121 Å². The highest BCUT2D eigenvalue weighted by Gasteiger charge is 2.17. The van der Waals surface area contributed by atoms with Crippen LogP contribution in [-0.2, 0) is 0 Å². The minimum Gasteiger partial charge on any atom is -0.256 e. The van der Waals surface area contributed by atoms with Crippen molar-refractivity contribution in [3.8, 4) is 33.5 Å². The minimum atomic E-state index is 1.02. The molecule has 0 saturated heterocycles. The first-order valence-corrected chi connectivity index (χ1v) is 11.3. The van der Waals surface area contributed by atoms with E-state index in [1.54, 1.807) is 0 Å². The Labute approximate surface area is 194 Å². The summed E-state index contributed by atoms with van der Waals surface area (Å²) in [6.07, 6.45) is 1.91. The normalized spacial score (nSPS) is 11.2. The lowest BCUT2D eigenvalue weighted by Crippen LogP contribution is -1.94. The first kappa shape index (κ1) is 19.5. The molecular formula is C32H23N. The molecule has 0 unspecified atom stereocenters. The maximum atomic E-state index is 4.85. The molecule has 0 N–H and O–H groups in total. The van der Waals surface area contributed by atoms with Crippen LogP contribution in [0.1, 0.15) is 5.56 Å². The fourth-order valence-corrected chi connectivity index (χ4v) is 4.90. The predicted octanol–water partition coefficient (Wildman–Crippen LogP) is 8.70. The average Bonchev–Trinajstić information content (AvgIpc) is 2.88. The van der Waals surface area contributed by atoms with E-state index in [4.69, 9.17) is 4.98 Å². The molecule has 0 bridgehead atoms. The van der Waals surface area contributed by atoms with Gasteiger partial charge >= 0.3 is 0 Å². The summed E-state index contributed by atoms with van der Waals surface area (Å²) in [5, 5.41) is 4.89. The van der Waals surface area contributed by atoms with Crippen molar-refractivity contribution in [1.29, 1.82) is 0 Å². The van der Waals surface area contributed by atoms with Crippen LogP contribution in [0.5, 0.6) is 0 Å². The number of hydrogen-bond donors (Lipinski definition) is 0. The minimum absolute atomic E-state index is 1.02. The number of nitrogens with zero attached hydrogens (tertiary/aromatic N) is 1. The third-order valence-corrected chi connectivity index (χ3v) is 6.49. The van der Waals surface area contributed by atoms with Crippen molar-refractivity contribution in [2.45, 2.75) is 6.92 Å². The van der Waals surface area contributed by atoms with E-state index in [-0.39, 0.29) is 0 Å². The van der Waals surface area contributed by atoms with E-state index >= 15 is 0 Å². The Balaban J connectivity index is 1.70. The van der Waals surface area contributed by atoms with Gasteiger partial charge in [-0.1, -0.05) is 109 Å². The summed E-state index contributed by atoms with van der Waals surface area (Å²) in [6.45, 7) is 2.19. The van der Waals surface area contributed by atoms with Crippen LogP contribution in [0, 0.1) is 6.92 Å². The van der Waals surface area contributed by atoms with E-state index in [1.165, 1.54) is 49.4 Å². The quantitative estimate of drug-likeness (QED) is 0.278. The lowest BCUT2D eigenvalue weighted by Gasteiger charge is -2.18. The van der Waals surface area contributed by atoms with Crippen molar-refractivity contribution < 1.29 is 0 Å². The van der Waals surface area contributed by atoms with E-state index in [2.05, 4.69) is 122 Å². The molecule has 6 aromatic rings. The van der Waals surface area contributed by atoms with Gasteiger partial charge in [0, 0.05) is 17.1 Å². The zero-order chi connectivity index (χ0) is 22.2. The van der Waals surface area contributed by atoms with E-state index in [0.29, 0.717) is 0 Å².